The molecular formula is C22H27BrN2O4. The van der Waals surface area contributed by atoms with Crippen LogP contribution in [0.2, 0.25) is 0 Å². The number of hydrazone groups is 1. The first-order chi connectivity index (χ1) is 13.8. The predicted molar refractivity (Wildman–Crippen MR) is 118 cm³/mol. The summed E-state index contributed by atoms with van der Waals surface area (Å²) in [7, 11) is 1.57. The average Bonchev–Trinajstić information content (AvgIpc) is 2.67. The summed E-state index contributed by atoms with van der Waals surface area (Å²) in [5.74, 6) is 1.42. The highest BCUT2D eigenvalue weighted by Gasteiger charge is 2.15. The fourth-order valence-electron chi connectivity index (χ4n) is 2.53. The van der Waals surface area contributed by atoms with Crippen LogP contribution >= 0.6 is 15.9 Å². The molecule has 2 aromatic rings. The summed E-state index contributed by atoms with van der Waals surface area (Å²) in [5, 5.41) is 3.99. The Morgan fingerprint density at radius 2 is 1.93 bits per heavy atom. The van der Waals surface area contributed by atoms with Crippen LogP contribution in [0.5, 0.6) is 17.2 Å². The van der Waals surface area contributed by atoms with Crippen molar-refractivity contribution in [3.8, 4) is 17.2 Å². The van der Waals surface area contributed by atoms with Gasteiger partial charge in [0, 0.05) is 5.56 Å². The molecule has 0 heterocycles. The lowest BCUT2D eigenvalue weighted by molar-refractivity contribution is -0.123. The molecule has 0 aliphatic carbocycles. The summed E-state index contributed by atoms with van der Waals surface area (Å²) < 4.78 is 17.3. The second-order valence-electron chi connectivity index (χ2n) is 7.29. The molecule has 156 valence electrons. The molecule has 0 radical (unpaired) electrons. The SMILES string of the molecule is CCOc1c(/C=N/NC(=O)COc2ccc(C(C)(C)C)cc2Br)cccc1OC. The maximum atomic E-state index is 12.1. The summed E-state index contributed by atoms with van der Waals surface area (Å²) in [6.07, 6.45) is 1.51. The molecule has 0 aromatic heterocycles. The maximum absolute atomic E-state index is 12.1. The average molecular weight is 463 g/mol. The van der Waals surface area contributed by atoms with Crippen molar-refractivity contribution in [2.24, 2.45) is 5.10 Å². The van der Waals surface area contributed by atoms with Crippen molar-refractivity contribution in [2.45, 2.75) is 33.1 Å². The number of nitrogens with zero attached hydrogens (tertiary/aromatic N) is 1. The number of halogens is 1. The van der Waals surface area contributed by atoms with Gasteiger partial charge in [-0.1, -0.05) is 32.9 Å². The Hall–Kier alpha value is -2.54. The minimum absolute atomic E-state index is 0.0353. The van der Waals surface area contributed by atoms with Gasteiger partial charge >= 0.3 is 0 Å². The molecule has 0 spiro atoms. The van der Waals surface area contributed by atoms with Crippen molar-refractivity contribution in [3.05, 3.63) is 52.0 Å². The molecule has 6 nitrogen and oxygen atoms in total. The Labute approximate surface area is 180 Å². The first kappa shape index (κ1) is 22.7. The number of hydrogen-bond donors (Lipinski definition) is 1. The van der Waals surface area contributed by atoms with E-state index in [2.05, 4.69) is 47.2 Å². The molecule has 0 saturated carbocycles. The lowest BCUT2D eigenvalue weighted by Gasteiger charge is -2.20. The van der Waals surface area contributed by atoms with Gasteiger partial charge in [-0.05, 0) is 58.1 Å². The van der Waals surface area contributed by atoms with Crippen LogP contribution in [0.25, 0.3) is 0 Å². The lowest BCUT2D eigenvalue weighted by atomic mass is 9.87. The molecule has 7 heteroatoms. The Morgan fingerprint density at radius 1 is 1.17 bits per heavy atom. The summed E-state index contributed by atoms with van der Waals surface area (Å²) in [5.41, 5.74) is 4.37. The first-order valence-electron chi connectivity index (χ1n) is 9.30. The summed E-state index contributed by atoms with van der Waals surface area (Å²) in [6.45, 7) is 8.64. The highest BCUT2D eigenvalue weighted by atomic mass is 79.9. The van der Waals surface area contributed by atoms with Crippen molar-refractivity contribution >= 4 is 28.1 Å². The van der Waals surface area contributed by atoms with Crippen LogP contribution in [0.3, 0.4) is 0 Å². The van der Waals surface area contributed by atoms with Crippen LogP contribution in [-0.4, -0.2) is 32.4 Å². The second kappa shape index (κ2) is 10.3. The molecule has 0 aliphatic rings. The minimum Gasteiger partial charge on any atom is -0.493 e. The minimum atomic E-state index is -0.367. The van der Waals surface area contributed by atoms with Crippen LogP contribution < -0.4 is 19.6 Å². The summed E-state index contributed by atoms with van der Waals surface area (Å²) >= 11 is 3.50. The van der Waals surface area contributed by atoms with Gasteiger partial charge in [-0.25, -0.2) is 5.43 Å². The number of amides is 1. The van der Waals surface area contributed by atoms with Gasteiger partial charge in [0.2, 0.25) is 0 Å². The van der Waals surface area contributed by atoms with E-state index in [0.29, 0.717) is 29.4 Å². The standard InChI is InChI=1S/C22H27BrN2O4/c1-6-28-21-15(8-7-9-19(21)27-5)13-24-25-20(26)14-29-18-11-10-16(12-17(18)23)22(2,3)4/h7-13H,6,14H2,1-5H3,(H,25,26)/b24-13+. The number of ether oxygens (including phenoxy) is 3. The Kier molecular flexibility index (Phi) is 8.08. The van der Waals surface area contributed by atoms with Gasteiger partial charge in [0.1, 0.15) is 5.75 Å². The number of nitrogens with one attached hydrogen (secondary N) is 1. The molecule has 0 bridgehead atoms. The number of methoxy groups -OCH3 is 1. The second-order valence-corrected chi connectivity index (χ2v) is 8.14. The fourth-order valence-corrected chi connectivity index (χ4v) is 3.02. The normalized spacial score (nSPS) is 11.4. The zero-order chi connectivity index (χ0) is 21.4. The number of carbonyl (C=O) groups is 1. The molecule has 0 saturated heterocycles. The van der Waals surface area contributed by atoms with E-state index in [1.165, 1.54) is 11.8 Å². The third-order valence-corrected chi connectivity index (χ3v) is 4.69. The highest BCUT2D eigenvalue weighted by Crippen LogP contribution is 2.31. The van der Waals surface area contributed by atoms with Crippen LogP contribution in [0.15, 0.2) is 46.0 Å². The van der Waals surface area contributed by atoms with E-state index in [0.717, 1.165) is 4.47 Å². The summed E-state index contributed by atoms with van der Waals surface area (Å²) in [6, 6.07) is 11.3. The monoisotopic (exact) mass is 462 g/mol. The third kappa shape index (κ3) is 6.49. The van der Waals surface area contributed by atoms with Crippen molar-refractivity contribution < 1.29 is 19.0 Å². The van der Waals surface area contributed by atoms with E-state index < -0.39 is 0 Å². The van der Waals surface area contributed by atoms with E-state index in [4.69, 9.17) is 14.2 Å². The smallest absolute Gasteiger partial charge is 0.277 e. The van der Waals surface area contributed by atoms with Crippen LogP contribution in [0.1, 0.15) is 38.8 Å². The molecule has 0 unspecified atom stereocenters. The molecule has 0 atom stereocenters. The highest BCUT2D eigenvalue weighted by molar-refractivity contribution is 9.10. The van der Waals surface area contributed by atoms with Crippen LogP contribution in [0.4, 0.5) is 0 Å². The molecule has 2 aromatic carbocycles. The number of rotatable bonds is 8. The van der Waals surface area contributed by atoms with Gasteiger partial charge in [-0.3, -0.25) is 4.79 Å². The van der Waals surface area contributed by atoms with Gasteiger partial charge in [-0.2, -0.15) is 5.10 Å². The largest absolute Gasteiger partial charge is 0.493 e. The van der Waals surface area contributed by atoms with Gasteiger partial charge in [0.25, 0.3) is 5.91 Å². The van der Waals surface area contributed by atoms with E-state index in [9.17, 15) is 4.79 Å². The quantitative estimate of drug-likeness (QED) is 0.456. The van der Waals surface area contributed by atoms with Crippen LogP contribution in [0, 0.1) is 0 Å². The molecule has 0 fully saturated rings. The third-order valence-electron chi connectivity index (χ3n) is 4.07. The molecule has 2 rings (SSSR count). The topological polar surface area (TPSA) is 69.2 Å². The number of para-hydroxylation sites is 1. The summed E-state index contributed by atoms with van der Waals surface area (Å²) in [4.78, 5) is 12.1. The number of benzene rings is 2. The van der Waals surface area contributed by atoms with E-state index in [1.54, 1.807) is 13.2 Å². The van der Waals surface area contributed by atoms with Crippen molar-refractivity contribution in [2.75, 3.05) is 20.3 Å². The zero-order valence-corrected chi connectivity index (χ0v) is 19.0. The van der Waals surface area contributed by atoms with Crippen molar-refractivity contribution in [1.29, 1.82) is 0 Å². The van der Waals surface area contributed by atoms with Gasteiger partial charge < -0.3 is 14.2 Å². The lowest BCUT2D eigenvalue weighted by Crippen LogP contribution is -2.24. The molecule has 1 N–H and O–H groups in total. The zero-order valence-electron chi connectivity index (χ0n) is 17.4. The van der Waals surface area contributed by atoms with Gasteiger partial charge in [0.15, 0.2) is 18.1 Å². The molecule has 1 amide bonds. The number of hydrogen-bond acceptors (Lipinski definition) is 5. The Morgan fingerprint density at radius 3 is 2.55 bits per heavy atom. The molecular weight excluding hydrogens is 436 g/mol. The van der Waals surface area contributed by atoms with Gasteiger partial charge in [-0.15, -0.1) is 0 Å². The first-order valence-corrected chi connectivity index (χ1v) is 10.1. The van der Waals surface area contributed by atoms with Crippen molar-refractivity contribution in [1.82, 2.24) is 5.43 Å². The molecule has 29 heavy (non-hydrogen) atoms. The van der Waals surface area contributed by atoms with E-state index >= 15 is 0 Å². The van der Waals surface area contributed by atoms with E-state index in [1.807, 2.05) is 37.3 Å². The number of carbonyl (C=O) groups excluding carboxylic acids is 1. The van der Waals surface area contributed by atoms with Gasteiger partial charge in [0.05, 0.1) is 24.4 Å². The Balaban J connectivity index is 1.96. The molecule has 0 aliphatic heterocycles. The Bertz CT molecular complexity index is 876. The van der Waals surface area contributed by atoms with E-state index in [-0.39, 0.29) is 17.9 Å². The fraction of sp³-hybridized carbons (Fsp3) is 0.364. The predicted octanol–water partition coefficient (Wildman–Crippen LogP) is 4.68. The maximum Gasteiger partial charge on any atom is 0.277 e. The van der Waals surface area contributed by atoms with Crippen molar-refractivity contribution in [3.63, 3.8) is 0 Å². The van der Waals surface area contributed by atoms with Crippen LogP contribution in [-0.2, 0) is 10.2 Å².